The van der Waals surface area contributed by atoms with Crippen LogP contribution in [-0.2, 0) is 15.6 Å². The van der Waals surface area contributed by atoms with Crippen molar-refractivity contribution in [3.63, 3.8) is 0 Å². The predicted octanol–water partition coefficient (Wildman–Crippen LogP) is 1.88. The van der Waals surface area contributed by atoms with Crippen LogP contribution in [0.4, 0.5) is 0 Å². The van der Waals surface area contributed by atoms with Gasteiger partial charge in [-0.05, 0) is 43.0 Å². The van der Waals surface area contributed by atoms with E-state index in [1.807, 2.05) is 0 Å². The maximum absolute atomic E-state index is 12.3. The average Bonchev–Trinajstić information content (AvgIpc) is 3.07. The molecule has 1 saturated carbocycles. The highest BCUT2D eigenvalue weighted by Crippen LogP contribution is 2.37. The van der Waals surface area contributed by atoms with Gasteiger partial charge in [0.15, 0.2) is 5.82 Å². The molecule has 1 aromatic heterocycles. The summed E-state index contributed by atoms with van der Waals surface area (Å²) in [6.07, 6.45) is 6.08. The molecule has 0 aliphatic heterocycles. The number of nitrogens with two attached hydrogens (primary N) is 1. The molecule has 1 aliphatic carbocycles. The minimum Gasteiger partial charge on any atom is -0.495 e. The first kappa shape index (κ1) is 18.6. The lowest BCUT2D eigenvalue weighted by Gasteiger charge is -2.34. The van der Waals surface area contributed by atoms with E-state index in [1.165, 1.54) is 13.2 Å². The molecule has 8 nitrogen and oxygen atoms in total. The predicted molar refractivity (Wildman–Crippen MR) is 96.8 cm³/mol. The molecule has 3 N–H and O–H groups in total. The molecule has 0 bridgehead atoms. The number of nitrogens with zero attached hydrogens (tertiary/aromatic N) is 2. The molecule has 26 heavy (non-hydrogen) atoms. The first-order valence-electron chi connectivity index (χ1n) is 8.37. The van der Waals surface area contributed by atoms with E-state index in [-0.39, 0.29) is 17.2 Å². The van der Waals surface area contributed by atoms with Gasteiger partial charge in [0.1, 0.15) is 10.6 Å². The van der Waals surface area contributed by atoms with Crippen LogP contribution >= 0.6 is 0 Å². The van der Waals surface area contributed by atoms with E-state index in [0.717, 1.165) is 19.3 Å². The lowest BCUT2D eigenvalue weighted by atomic mass is 9.77. The Hall–Kier alpha value is -2.23. The summed E-state index contributed by atoms with van der Waals surface area (Å²) < 4.78 is 37.5. The molecule has 1 heterocycles. The second-order valence-corrected chi connectivity index (χ2v) is 7.95. The molecule has 0 spiro atoms. The van der Waals surface area contributed by atoms with Crippen LogP contribution in [-0.4, -0.2) is 32.2 Å². The smallest absolute Gasteiger partial charge is 0.250 e. The van der Waals surface area contributed by atoms with Gasteiger partial charge in [-0.3, -0.25) is 0 Å². The molecule has 1 aliphatic rings. The lowest BCUT2D eigenvalue weighted by Crippen LogP contribution is -2.44. The monoisotopic (exact) mass is 378 g/mol. The molecule has 0 unspecified atom stereocenters. The Bertz CT molecular complexity index is 917. The van der Waals surface area contributed by atoms with Crippen LogP contribution in [0.15, 0.2) is 27.6 Å². The molecule has 1 aromatic carbocycles. The molecule has 0 radical (unpaired) electrons. The van der Waals surface area contributed by atoms with Crippen LogP contribution in [0.25, 0.3) is 12.2 Å². The van der Waals surface area contributed by atoms with Gasteiger partial charge >= 0.3 is 0 Å². The van der Waals surface area contributed by atoms with Crippen molar-refractivity contribution >= 4 is 22.2 Å². The second-order valence-electron chi connectivity index (χ2n) is 6.21. The molecule has 0 saturated heterocycles. The van der Waals surface area contributed by atoms with Gasteiger partial charge in [-0.1, -0.05) is 18.1 Å². The highest BCUT2D eigenvalue weighted by Gasteiger charge is 2.38. The van der Waals surface area contributed by atoms with Gasteiger partial charge in [0, 0.05) is 12.6 Å². The van der Waals surface area contributed by atoms with Gasteiger partial charge in [-0.25, -0.2) is 13.1 Å². The summed E-state index contributed by atoms with van der Waals surface area (Å²) >= 11 is 0. The molecule has 2 aromatic rings. The van der Waals surface area contributed by atoms with E-state index >= 15 is 0 Å². The van der Waals surface area contributed by atoms with Crippen molar-refractivity contribution < 1.29 is 17.7 Å². The Kier molecular flexibility index (Phi) is 5.12. The van der Waals surface area contributed by atoms with Crippen molar-refractivity contribution in [3.05, 3.63) is 35.5 Å². The Morgan fingerprint density at radius 2 is 2.15 bits per heavy atom. The third-order valence-electron chi connectivity index (χ3n) is 4.36. The number of ether oxygens (including phenoxy) is 1. The highest BCUT2D eigenvalue weighted by molar-refractivity contribution is 7.89. The summed E-state index contributed by atoms with van der Waals surface area (Å²) in [5.41, 5.74) is 6.35. The Labute approximate surface area is 152 Å². The summed E-state index contributed by atoms with van der Waals surface area (Å²) in [5.74, 6) is 1.11. The van der Waals surface area contributed by atoms with Gasteiger partial charge in [0.25, 0.3) is 5.89 Å². The fourth-order valence-corrected chi connectivity index (χ4v) is 3.97. The zero-order chi connectivity index (χ0) is 18.8. The third-order valence-corrected chi connectivity index (χ3v) is 5.93. The van der Waals surface area contributed by atoms with Gasteiger partial charge in [-0.15, -0.1) is 0 Å². The van der Waals surface area contributed by atoms with E-state index in [4.69, 9.17) is 15.0 Å². The molecule has 9 heteroatoms. The molecular weight excluding hydrogens is 356 g/mol. The molecule has 140 valence electrons. The molecule has 0 atom stereocenters. The molecular formula is C17H22N4O4S. The van der Waals surface area contributed by atoms with Crippen LogP contribution in [0.1, 0.15) is 43.5 Å². The van der Waals surface area contributed by atoms with Crippen LogP contribution in [0.5, 0.6) is 5.75 Å². The van der Waals surface area contributed by atoms with Crippen LogP contribution in [0, 0.1) is 0 Å². The van der Waals surface area contributed by atoms with E-state index in [0.29, 0.717) is 17.3 Å². The van der Waals surface area contributed by atoms with Gasteiger partial charge in [0.2, 0.25) is 10.0 Å². The minimum absolute atomic E-state index is 0.0746. The first-order valence-corrected chi connectivity index (χ1v) is 9.85. The number of rotatable bonds is 7. The highest BCUT2D eigenvalue weighted by atomic mass is 32.2. The number of aromatic nitrogens is 2. The zero-order valence-electron chi connectivity index (χ0n) is 14.7. The van der Waals surface area contributed by atoms with Gasteiger partial charge in [-0.2, -0.15) is 4.98 Å². The molecule has 3 rings (SSSR count). The normalized spacial score (nSPS) is 16.6. The SMILES string of the molecule is CCNS(=O)(=O)c1cc(C=Cc2nc(C3(N)CCC3)no2)ccc1OC. The zero-order valence-corrected chi connectivity index (χ0v) is 15.5. The average molecular weight is 378 g/mol. The molecule has 1 fully saturated rings. The number of hydrogen-bond donors (Lipinski definition) is 2. The minimum atomic E-state index is -3.65. The number of hydrogen-bond acceptors (Lipinski definition) is 7. The van der Waals surface area contributed by atoms with Crippen molar-refractivity contribution in [1.29, 1.82) is 0 Å². The quantitative estimate of drug-likeness (QED) is 0.754. The van der Waals surface area contributed by atoms with Gasteiger partial charge in [0.05, 0.1) is 12.6 Å². The van der Waals surface area contributed by atoms with Crippen molar-refractivity contribution in [2.45, 2.75) is 36.6 Å². The Morgan fingerprint density at radius 3 is 2.77 bits per heavy atom. The van der Waals surface area contributed by atoms with Crippen molar-refractivity contribution in [2.75, 3.05) is 13.7 Å². The fraction of sp³-hybridized carbons (Fsp3) is 0.412. The van der Waals surface area contributed by atoms with Crippen molar-refractivity contribution in [3.8, 4) is 5.75 Å². The van der Waals surface area contributed by atoms with E-state index in [1.54, 1.807) is 31.2 Å². The number of nitrogens with one attached hydrogen (secondary N) is 1. The summed E-state index contributed by atoms with van der Waals surface area (Å²) in [4.78, 5) is 4.38. The third kappa shape index (κ3) is 3.64. The number of methoxy groups -OCH3 is 1. The topological polar surface area (TPSA) is 120 Å². The summed E-state index contributed by atoms with van der Waals surface area (Å²) in [6.45, 7) is 2.00. The Balaban J connectivity index is 1.85. The summed E-state index contributed by atoms with van der Waals surface area (Å²) in [6, 6.07) is 4.88. The standard InChI is InChI=1S/C17H22N4O4S/c1-3-19-26(22,23)14-11-12(5-7-13(14)24-2)6-8-15-20-16(21-25-15)17(18)9-4-10-17/h5-8,11,19H,3-4,9-10,18H2,1-2H3. The number of benzene rings is 1. The van der Waals surface area contributed by atoms with Crippen LogP contribution < -0.4 is 15.2 Å². The van der Waals surface area contributed by atoms with E-state index in [9.17, 15) is 8.42 Å². The first-order chi connectivity index (χ1) is 12.4. The van der Waals surface area contributed by atoms with Crippen LogP contribution in [0.3, 0.4) is 0 Å². The largest absolute Gasteiger partial charge is 0.495 e. The van der Waals surface area contributed by atoms with Crippen molar-refractivity contribution in [2.24, 2.45) is 5.73 Å². The van der Waals surface area contributed by atoms with Gasteiger partial charge < -0.3 is 15.0 Å². The fourth-order valence-electron chi connectivity index (χ4n) is 2.73. The summed E-state index contributed by atoms with van der Waals surface area (Å²) in [7, 11) is -2.22. The second kappa shape index (κ2) is 7.18. The lowest BCUT2D eigenvalue weighted by molar-refractivity contribution is 0.229. The van der Waals surface area contributed by atoms with Crippen molar-refractivity contribution in [1.82, 2.24) is 14.9 Å². The molecule has 0 amide bonds. The Morgan fingerprint density at radius 1 is 1.38 bits per heavy atom. The van der Waals surface area contributed by atoms with Crippen LogP contribution in [0.2, 0.25) is 0 Å². The summed E-state index contributed by atoms with van der Waals surface area (Å²) in [5, 5.41) is 3.94. The van der Waals surface area contributed by atoms with E-state index < -0.39 is 15.6 Å². The number of sulfonamides is 1. The van der Waals surface area contributed by atoms with E-state index in [2.05, 4.69) is 14.9 Å². The maximum Gasteiger partial charge on any atom is 0.250 e. The maximum atomic E-state index is 12.3.